The Hall–Kier alpha value is -0.800. The number of nitrogens with one attached hydrogen (secondary N) is 1. The minimum absolute atomic E-state index is 0.642. The molecule has 0 bridgehead atoms. The Kier molecular flexibility index (Phi) is 2.30. The van der Waals surface area contributed by atoms with Crippen molar-refractivity contribution in [3.8, 4) is 0 Å². The van der Waals surface area contributed by atoms with Crippen LogP contribution >= 0.6 is 0 Å². The second-order valence-corrected chi connectivity index (χ2v) is 5.84. The molecular formula is C14H20N2O. The topological polar surface area (TPSA) is 28.4 Å². The standard InChI is InChI=1S/C14H20N2O/c1-2-13(12-4-5-17-14(12)3-1)16-8-10-6-15-7-11(10)9-16/h4-5,10-11,13,15H,1-3,6-9H2. The van der Waals surface area contributed by atoms with Gasteiger partial charge in [-0.05, 0) is 43.8 Å². The quantitative estimate of drug-likeness (QED) is 0.800. The molecule has 1 aliphatic carbocycles. The van der Waals surface area contributed by atoms with Crippen molar-refractivity contribution in [1.82, 2.24) is 10.2 Å². The lowest BCUT2D eigenvalue weighted by molar-refractivity contribution is 0.202. The zero-order valence-electron chi connectivity index (χ0n) is 10.2. The van der Waals surface area contributed by atoms with Gasteiger partial charge in [0.2, 0.25) is 0 Å². The van der Waals surface area contributed by atoms with Gasteiger partial charge in [0.15, 0.2) is 0 Å². The summed E-state index contributed by atoms with van der Waals surface area (Å²) in [5.74, 6) is 3.04. The van der Waals surface area contributed by atoms with Crippen molar-refractivity contribution in [1.29, 1.82) is 0 Å². The van der Waals surface area contributed by atoms with E-state index in [1.54, 1.807) is 0 Å². The Balaban J connectivity index is 1.57. The van der Waals surface area contributed by atoms with E-state index in [1.807, 2.05) is 6.26 Å². The van der Waals surface area contributed by atoms with Crippen molar-refractivity contribution in [3.05, 3.63) is 23.7 Å². The molecule has 2 aliphatic heterocycles. The SMILES string of the molecule is c1cc2c(o1)CCCC2N1CC2CNCC2C1. The van der Waals surface area contributed by atoms with E-state index in [0.717, 1.165) is 18.3 Å². The first-order valence-electron chi connectivity index (χ1n) is 6.93. The number of fused-ring (bicyclic) bond motifs is 2. The maximum Gasteiger partial charge on any atom is 0.108 e. The van der Waals surface area contributed by atoms with Gasteiger partial charge in [-0.15, -0.1) is 0 Å². The molecule has 2 saturated heterocycles. The highest BCUT2D eigenvalue weighted by Gasteiger charge is 2.40. The number of hydrogen-bond acceptors (Lipinski definition) is 3. The minimum atomic E-state index is 0.642. The number of likely N-dealkylation sites (tertiary alicyclic amines) is 1. The van der Waals surface area contributed by atoms with Crippen LogP contribution in [0.1, 0.15) is 30.2 Å². The van der Waals surface area contributed by atoms with E-state index in [9.17, 15) is 0 Å². The molecule has 3 heteroatoms. The van der Waals surface area contributed by atoms with Gasteiger partial charge in [0.05, 0.1) is 6.26 Å². The summed E-state index contributed by atoms with van der Waals surface area (Å²) in [5.41, 5.74) is 1.48. The lowest BCUT2D eigenvalue weighted by Crippen LogP contribution is -2.31. The third-order valence-corrected chi connectivity index (χ3v) is 4.88. The number of nitrogens with zero attached hydrogens (tertiary/aromatic N) is 1. The van der Waals surface area contributed by atoms with Gasteiger partial charge in [0.1, 0.15) is 5.76 Å². The fraction of sp³-hybridized carbons (Fsp3) is 0.714. The first kappa shape index (κ1) is 10.2. The Morgan fingerprint density at radius 1 is 1.24 bits per heavy atom. The van der Waals surface area contributed by atoms with Gasteiger partial charge in [-0.25, -0.2) is 0 Å². The van der Waals surface area contributed by atoms with Gasteiger partial charge >= 0.3 is 0 Å². The zero-order chi connectivity index (χ0) is 11.2. The Morgan fingerprint density at radius 3 is 2.88 bits per heavy atom. The molecule has 3 atom stereocenters. The molecule has 0 amide bonds. The highest BCUT2D eigenvalue weighted by Crippen LogP contribution is 2.39. The molecule has 1 N–H and O–H groups in total. The van der Waals surface area contributed by atoms with Crippen LogP contribution in [0.5, 0.6) is 0 Å². The van der Waals surface area contributed by atoms with E-state index in [2.05, 4.69) is 16.3 Å². The molecule has 2 fully saturated rings. The summed E-state index contributed by atoms with van der Waals surface area (Å²) >= 11 is 0. The maximum absolute atomic E-state index is 5.60. The van der Waals surface area contributed by atoms with Crippen LogP contribution in [-0.2, 0) is 6.42 Å². The number of rotatable bonds is 1. The third-order valence-electron chi connectivity index (χ3n) is 4.88. The normalized spacial score (nSPS) is 37.1. The average molecular weight is 232 g/mol. The maximum atomic E-state index is 5.60. The van der Waals surface area contributed by atoms with Crippen molar-refractivity contribution in [2.45, 2.75) is 25.3 Å². The van der Waals surface area contributed by atoms with Crippen LogP contribution in [0.2, 0.25) is 0 Å². The summed E-state index contributed by atoms with van der Waals surface area (Å²) in [6, 6.07) is 2.84. The van der Waals surface area contributed by atoms with Crippen LogP contribution in [-0.4, -0.2) is 31.1 Å². The largest absolute Gasteiger partial charge is 0.469 e. The van der Waals surface area contributed by atoms with Crippen LogP contribution in [0.3, 0.4) is 0 Å². The summed E-state index contributed by atoms with van der Waals surface area (Å²) < 4.78 is 5.60. The molecule has 0 radical (unpaired) electrons. The number of hydrogen-bond donors (Lipinski definition) is 1. The molecule has 17 heavy (non-hydrogen) atoms. The van der Waals surface area contributed by atoms with Crippen molar-refractivity contribution in [2.75, 3.05) is 26.2 Å². The zero-order valence-corrected chi connectivity index (χ0v) is 10.2. The predicted molar refractivity (Wildman–Crippen MR) is 65.8 cm³/mol. The summed E-state index contributed by atoms with van der Waals surface area (Å²) in [7, 11) is 0. The molecule has 4 rings (SSSR count). The van der Waals surface area contributed by atoms with Gasteiger partial charge in [0, 0.05) is 31.1 Å². The lowest BCUT2D eigenvalue weighted by Gasteiger charge is -2.31. The van der Waals surface area contributed by atoms with Crippen LogP contribution in [0, 0.1) is 11.8 Å². The molecule has 3 heterocycles. The molecule has 0 spiro atoms. The van der Waals surface area contributed by atoms with E-state index in [0.29, 0.717) is 6.04 Å². The van der Waals surface area contributed by atoms with Crippen LogP contribution in [0.25, 0.3) is 0 Å². The smallest absolute Gasteiger partial charge is 0.108 e. The third kappa shape index (κ3) is 1.56. The van der Waals surface area contributed by atoms with Crippen LogP contribution in [0.15, 0.2) is 16.7 Å². The van der Waals surface area contributed by atoms with E-state index < -0.39 is 0 Å². The lowest BCUT2D eigenvalue weighted by atomic mass is 9.92. The predicted octanol–water partition coefficient (Wildman–Crippen LogP) is 1.81. The Labute approximate surface area is 102 Å². The van der Waals surface area contributed by atoms with Gasteiger partial charge in [-0.2, -0.15) is 0 Å². The molecule has 1 aromatic heterocycles. The molecule has 3 aliphatic rings. The van der Waals surface area contributed by atoms with Gasteiger partial charge in [-0.3, -0.25) is 4.90 Å². The molecular weight excluding hydrogens is 212 g/mol. The second kappa shape index (κ2) is 3.85. The summed E-state index contributed by atoms with van der Waals surface area (Å²) in [4.78, 5) is 2.71. The summed E-state index contributed by atoms with van der Waals surface area (Å²) in [5, 5.41) is 3.52. The van der Waals surface area contributed by atoms with Crippen LogP contribution < -0.4 is 5.32 Å². The Bertz CT molecular complexity index is 402. The highest BCUT2D eigenvalue weighted by molar-refractivity contribution is 5.24. The van der Waals surface area contributed by atoms with Crippen molar-refractivity contribution in [2.24, 2.45) is 11.8 Å². The van der Waals surface area contributed by atoms with Gasteiger partial charge in [0.25, 0.3) is 0 Å². The van der Waals surface area contributed by atoms with E-state index in [-0.39, 0.29) is 0 Å². The molecule has 1 aromatic rings. The average Bonchev–Trinajstić information content (AvgIpc) is 3.02. The van der Waals surface area contributed by atoms with E-state index >= 15 is 0 Å². The summed E-state index contributed by atoms with van der Waals surface area (Å²) in [6.45, 7) is 5.03. The van der Waals surface area contributed by atoms with Crippen molar-refractivity contribution in [3.63, 3.8) is 0 Å². The Morgan fingerprint density at radius 2 is 2.06 bits per heavy atom. The molecule has 3 nitrogen and oxygen atoms in total. The molecule has 0 aromatic carbocycles. The monoisotopic (exact) mass is 232 g/mol. The highest BCUT2D eigenvalue weighted by atomic mass is 16.3. The minimum Gasteiger partial charge on any atom is -0.469 e. The number of aryl methyl sites for hydroxylation is 1. The molecule has 3 unspecified atom stereocenters. The van der Waals surface area contributed by atoms with Gasteiger partial charge < -0.3 is 9.73 Å². The van der Waals surface area contributed by atoms with E-state index in [4.69, 9.17) is 4.42 Å². The molecule has 92 valence electrons. The van der Waals surface area contributed by atoms with Gasteiger partial charge in [-0.1, -0.05) is 0 Å². The van der Waals surface area contributed by atoms with E-state index in [1.165, 1.54) is 50.3 Å². The molecule has 0 saturated carbocycles. The second-order valence-electron chi connectivity index (χ2n) is 5.84. The van der Waals surface area contributed by atoms with Crippen molar-refractivity contribution >= 4 is 0 Å². The number of furan rings is 1. The van der Waals surface area contributed by atoms with Crippen LogP contribution in [0.4, 0.5) is 0 Å². The first-order valence-corrected chi connectivity index (χ1v) is 6.93. The van der Waals surface area contributed by atoms with Crippen molar-refractivity contribution < 1.29 is 4.42 Å². The fourth-order valence-corrected chi connectivity index (χ4v) is 3.99. The fourth-order valence-electron chi connectivity index (χ4n) is 3.99. The first-order chi connectivity index (χ1) is 8.42. The summed E-state index contributed by atoms with van der Waals surface area (Å²) in [6.07, 6.45) is 5.62.